The van der Waals surface area contributed by atoms with Crippen LogP contribution in [0.2, 0.25) is 0 Å². The molecular formula is C22H31N3O2. The zero-order valence-electron chi connectivity index (χ0n) is 16.4. The summed E-state index contributed by atoms with van der Waals surface area (Å²) in [5, 5.41) is 6.59. The Bertz CT molecular complexity index is 674. The monoisotopic (exact) mass is 369 g/mol. The predicted octanol–water partition coefficient (Wildman–Crippen LogP) is 3.71. The van der Waals surface area contributed by atoms with Gasteiger partial charge in [0, 0.05) is 32.4 Å². The second-order valence-electron chi connectivity index (χ2n) is 6.04. The maximum atomic E-state index is 5.99. The van der Waals surface area contributed by atoms with Crippen molar-refractivity contribution in [1.29, 1.82) is 0 Å². The van der Waals surface area contributed by atoms with Gasteiger partial charge in [-0.15, -0.1) is 0 Å². The summed E-state index contributed by atoms with van der Waals surface area (Å²) in [5.74, 6) is 1.69. The summed E-state index contributed by atoms with van der Waals surface area (Å²) in [6.45, 7) is 5.74. The highest BCUT2D eigenvalue weighted by Gasteiger charge is 2.05. The third-order valence-corrected chi connectivity index (χ3v) is 4.06. The molecular weight excluding hydrogens is 338 g/mol. The lowest BCUT2D eigenvalue weighted by Gasteiger charge is -2.14. The van der Waals surface area contributed by atoms with E-state index in [1.54, 1.807) is 7.05 Å². The molecule has 0 aliphatic carbocycles. The van der Waals surface area contributed by atoms with Gasteiger partial charge in [0.1, 0.15) is 12.4 Å². The van der Waals surface area contributed by atoms with Gasteiger partial charge < -0.3 is 20.1 Å². The molecule has 0 atom stereocenters. The van der Waals surface area contributed by atoms with Gasteiger partial charge >= 0.3 is 0 Å². The molecule has 5 nitrogen and oxygen atoms in total. The van der Waals surface area contributed by atoms with E-state index in [1.807, 2.05) is 43.3 Å². The molecule has 0 fully saturated rings. The molecule has 0 saturated heterocycles. The molecule has 0 heterocycles. The molecule has 0 aliphatic rings. The van der Waals surface area contributed by atoms with Crippen molar-refractivity contribution >= 4 is 5.96 Å². The summed E-state index contributed by atoms with van der Waals surface area (Å²) in [5.41, 5.74) is 2.26. The largest absolute Gasteiger partial charge is 0.491 e. The normalized spacial score (nSPS) is 11.3. The van der Waals surface area contributed by atoms with Crippen molar-refractivity contribution in [2.45, 2.75) is 19.8 Å². The number of unbranched alkanes of at least 4 members (excludes halogenated alkanes) is 1. The summed E-state index contributed by atoms with van der Waals surface area (Å²) in [7, 11) is 1.78. The van der Waals surface area contributed by atoms with E-state index >= 15 is 0 Å². The van der Waals surface area contributed by atoms with Gasteiger partial charge in [-0.1, -0.05) is 48.5 Å². The molecule has 2 aromatic rings. The Labute approximate surface area is 162 Å². The third kappa shape index (κ3) is 7.71. The van der Waals surface area contributed by atoms with Crippen LogP contribution in [0, 0.1) is 0 Å². The average molecular weight is 370 g/mol. The van der Waals surface area contributed by atoms with E-state index in [-0.39, 0.29) is 0 Å². The average Bonchev–Trinajstić information content (AvgIpc) is 2.73. The first-order valence-corrected chi connectivity index (χ1v) is 9.64. The number of hydrogen-bond donors (Lipinski definition) is 2. The van der Waals surface area contributed by atoms with Gasteiger partial charge in [-0.2, -0.15) is 0 Å². The Balaban J connectivity index is 1.72. The molecule has 27 heavy (non-hydrogen) atoms. The standard InChI is InChI=1S/C22H31N3O2/c1-3-26-17-10-9-15-24-22(23-2)25-16-18-27-21-14-8-7-13-20(21)19-11-5-4-6-12-19/h4-8,11-14H,3,9-10,15-18H2,1-2H3,(H2,23,24,25). The van der Waals surface area contributed by atoms with Crippen LogP contribution in [0.5, 0.6) is 5.75 Å². The molecule has 2 aromatic carbocycles. The Hall–Kier alpha value is -2.53. The van der Waals surface area contributed by atoms with Crippen LogP contribution in [0.1, 0.15) is 19.8 Å². The number of aliphatic imine (C=N–C) groups is 1. The first-order valence-electron chi connectivity index (χ1n) is 9.64. The second kappa shape index (κ2) is 12.8. The zero-order chi connectivity index (χ0) is 19.2. The molecule has 0 amide bonds. The van der Waals surface area contributed by atoms with Crippen LogP contribution in [-0.4, -0.2) is 45.9 Å². The lowest BCUT2D eigenvalue weighted by atomic mass is 10.1. The summed E-state index contributed by atoms with van der Waals surface area (Å²) in [6.07, 6.45) is 2.11. The minimum absolute atomic E-state index is 0.564. The van der Waals surface area contributed by atoms with Crippen molar-refractivity contribution in [3.8, 4) is 16.9 Å². The van der Waals surface area contributed by atoms with Gasteiger partial charge in [0.05, 0.1) is 6.54 Å². The van der Waals surface area contributed by atoms with Crippen LogP contribution in [0.3, 0.4) is 0 Å². The number of nitrogens with zero attached hydrogens (tertiary/aromatic N) is 1. The zero-order valence-corrected chi connectivity index (χ0v) is 16.4. The Morgan fingerprint density at radius 3 is 2.41 bits per heavy atom. The number of nitrogens with one attached hydrogen (secondary N) is 2. The Morgan fingerprint density at radius 2 is 1.63 bits per heavy atom. The lowest BCUT2D eigenvalue weighted by Crippen LogP contribution is -2.39. The van der Waals surface area contributed by atoms with Gasteiger partial charge in [0.25, 0.3) is 0 Å². The van der Waals surface area contributed by atoms with E-state index in [0.717, 1.165) is 55.4 Å². The molecule has 0 bridgehead atoms. The van der Waals surface area contributed by atoms with Crippen molar-refractivity contribution in [3.05, 3.63) is 54.6 Å². The maximum Gasteiger partial charge on any atom is 0.191 e. The van der Waals surface area contributed by atoms with Crippen LogP contribution >= 0.6 is 0 Å². The smallest absolute Gasteiger partial charge is 0.191 e. The molecule has 0 radical (unpaired) electrons. The van der Waals surface area contributed by atoms with E-state index in [0.29, 0.717) is 13.2 Å². The number of ether oxygens (including phenoxy) is 2. The van der Waals surface area contributed by atoms with Crippen molar-refractivity contribution < 1.29 is 9.47 Å². The number of para-hydroxylation sites is 1. The summed E-state index contributed by atoms with van der Waals surface area (Å²) in [4.78, 5) is 4.24. The van der Waals surface area contributed by atoms with Crippen LogP contribution in [-0.2, 0) is 4.74 Å². The second-order valence-corrected chi connectivity index (χ2v) is 6.04. The number of rotatable bonds is 11. The van der Waals surface area contributed by atoms with E-state index in [9.17, 15) is 0 Å². The summed E-state index contributed by atoms with van der Waals surface area (Å²) in [6, 6.07) is 18.4. The molecule has 2 N–H and O–H groups in total. The van der Waals surface area contributed by atoms with Gasteiger partial charge in [-0.3, -0.25) is 4.99 Å². The fourth-order valence-electron chi connectivity index (χ4n) is 2.68. The van der Waals surface area contributed by atoms with Crippen molar-refractivity contribution in [3.63, 3.8) is 0 Å². The highest BCUT2D eigenvalue weighted by atomic mass is 16.5. The molecule has 0 aromatic heterocycles. The minimum Gasteiger partial charge on any atom is -0.491 e. The highest BCUT2D eigenvalue weighted by Crippen LogP contribution is 2.29. The van der Waals surface area contributed by atoms with Gasteiger partial charge in [0.15, 0.2) is 5.96 Å². The first kappa shape index (κ1) is 20.8. The predicted molar refractivity (Wildman–Crippen MR) is 112 cm³/mol. The third-order valence-electron chi connectivity index (χ3n) is 4.06. The maximum absolute atomic E-state index is 5.99. The quantitative estimate of drug-likeness (QED) is 0.360. The Morgan fingerprint density at radius 1 is 0.889 bits per heavy atom. The van der Waals surface area contributed by atoms with Gasteiger partial charge in [0.2, 0.25) is 0 Å². The van der Waals surface area contributed by atoms with Crippen molar-refractivity contribution in [2.24, 2.45) is 4.99 Å². The lowest BCUT2D eigenvalue weighted by molar-refractivity contribution is 0.143. The topological polar surface area (TPSA) is 54.9 Å². The van der Waals surface area contributed by atoms with E-state index < -0.39 is 0 Å². The fourth-order valence-corrected chi connectivity index (χ4v) is 2.68. The van der Waals surface area contributed by atoms with Crippen LogP contribution in [0.15, 0.2) is 59.6 Å². The number of benzene rings is 2. The Kier molecular flexibility index (Phi) is 9.82. The molecule has 2 rings (SSSR count). The fraction of sp³-hybridized carbons (Fsp3) is 0.409. The minimum atomic E-state index is 0.564. The number of guanidine groups is 1. The molecule has 0 unspecified atom stereocenters. The van der Waals surface area contributed by atoms with Crippen LogP contribution in [0.25, 0.3) is 11.1 Å². The molecule has 5 heteroatoms. The van der Waals surface area contributed by atoms with Crippen molar-refractivity contribution in [1.82, 2.24) is 10.6 Å². The van der Waals surface area contributed by atoms with E-state index in [2.05, 4.69) is 33.8 Å². The molecule has 0 spiro atoms. The SMILES string of the molecule is CCOCCCCNC(=NC)NCCOc1ccccc1-c1ccccc1. The van der Waals surface area contributed by atoms with Crippen LogP contribution in [0.4, 0.5) is 0 Å². The van der Waals surface area contributed by atoms with Gasteiger partial charge in [-0.05, 0) is 31.4 Å². The van der Waals surface area contributed by atoms with Crippen LogP contribution < -0.4 is 15.4 Å². The van der Waals surface area contributed by atoms with Crippen molar-refractivity contribution in [2.75, 3.05) is 40.0 Å². The molecule has 0 aliphatic heterocycles. The first-order chi connectivity index (χ1) is 13.3. The van der Waals surface area contributed by atoms with Gasteiger partial charge in [-0.25, -0.2) is 0 Å². The van der Waals surface area contributed by atoms with E-state index in [4.69, 9.17) is 9.47 Å². The molecule has 0 saturated carbocycles. The molecule has 146 valence electrons. The summed E-state index contributed by atoms with van der Waals surface area (Å²) >= 11 is 0. The summed E-state index contributed by atoms with van der Waals surface area (Å²) < 4.78 is 11.3. The van der Waals surface area contributed by atoms with E-state index in [1.165, 1.54) is 0 Å². The highest BCUT2D eigenvalue weighted by molar-refractivity contribution is 5.79. The number of hydrogen-bond acceptors (Lipinski definition) is 3.